The molecule has 16 heavy (non-hydrogen) atoms. The predicted molar refractivity (Wildman–Crippen MR) is 61.4 cm³/mol. The Morgan fingerprint density at radius 2 is 2.31 bits per heavy atom. The van der Waals surface area contributed by atoms with Crippen molar-refractivity contribution in [2.75, 3.05) is 19.7 Å². The van der Waals surface area contributed by atoms with E-state index in [0.717, 1.165) is 31.6 Å². The summed E-state index contributed by atoms with van der Waals surface area (Å²) in [5, 5.41) is 17.4. The van der Waals surface area contributed by atoms with Crippen LogP contribution in [-0.4, -0.2) is 34.7 Å². The summed E-state index contributed by atoms with van der Waals surface area (Å²) in [5.41, 5.74) is 1.14. The molecule has 0 bridgehead atoms. The highest BCUT2D eigenvalue weighted by Crippen LogP contribution is 2.04. The number of aromatic nitrogens is 1. The number of hydrogen-bond acceptors (Lipinski definition) is 4. The summed E-state index contributed by atoms with van der Waals surface area (Å²) >= 11 is 0. The molecule has 4 heteroatoms. The standard InChI is InChI=1S/C12H17N3O/c13-5-2-7-15(8-3-9-16)11-12-4-1-6-14-10-12/h1,4,6,10,16H,2-3,7-9,11H2. The maximum atomic E-state index is 8.80. The zero-order valence-corrected chi connectivity index (χ0v) is 9.34. The second kappa shape index (κ2) is 7.80. The highest BCUT2D eigenvalue weighted by molar-refractivity contribution is 5.08. The molecular formula is C12H17N3O. The van der Waals surface area contributed by atoms with E-state index in [1.807, 2.05) is 18.3 Å². The van der Waals surface area contributed by atoms with Crippen LogP contribution in [0.15, 0.2) is 24.5 Å². The van der Waals surface area contributed by atoms with Crippen molar-refractivity contribution in [1.29, 1.82) is 5.26 Å². The van der Waals surface area contributed by atoms with Crippen LogP contribution in [0, 0.1) is 11.3 Å². The highest BCUT2D eigenvalue weighted by Gasteiger charge is 2.05. The topological polar surface area (TPSA) is 60.2 Å². The van der Waals surface area contributed by atoms with Crippen molar-refractivity contribution in [2.24, 2.45) is 0 Å². The SMILES string of the molecule is N#CCCN(CCCO)Cc1cccnc1. The van der Waals surface area contributed by atoms with E-state index in [9.17, 15) is 0 Å². The third-order valence-electron chi connectivity index (χ3n) is 2.30. The fourth-order valence-electron chi connectivity index (χ4n) is 1.52. The van der Waals surface area contributed by atoms with E-state index in [4.69, 9.17) is 10.4 Å². The average Bonchev–Trinajstić information content (AvgIpc) is 2.34. The van der Waals surface area contributed by atoms with Gasteiger partial charge in [0.05, 0.1) is 6.07 Å². The third kappa shape index (κ3) is 4.87. The molecule has 0 spiro atoms. The van der Waals surface area contributed by atoms with E-state index in [1.165, 1.54) is 0 Å². The van der Waals surface area contributed by atoms with Gasteiger partial charge in [-0.1, -0.05) is 6.07 Å². The second-order valence-corrected chi connectivity index (χ2v) is 3.62. The van der Waals surface area contributed by atoms with Gasteiger partial charge in [0.1, 0.15) is 0 Å². The Morgan fingerprint density at radius 1 is 1.44 bits per heavy atom. The molecule has 0 aliphatic rings. The summed E-state index contributed by atoms with van der Waals surface area (Å²) in [7, 11) is 0. The molecule has 0 fully saturated rings. The lowest BCUT2D eigenvalue weighted by molar-refractivity contribution is 0.221. The molecule has 0 aliphatic heterocycles. The summed E-state index contributed by atoms with van der Waals surface area (Å²) in [6, 6.07) is 6.07. The number of pyridine rings is 1. The van der Waals surface area contributed by atoms with Crippen LogP contribution in [0.5, 0.6) is 0 Å². The van der Waals surface area contributed by atoms with Gasteiger partial charge in [-0.2, -0.15) is 5.26 Å². The maximum absolute atomic E-state index is 8.80. The summed E-state index contributed by atoms with van der Waals surface area (Å²) in [6.07, 6.45) is 4.84. The second-order valence-electron chi connectivity index (χ2n) is 3.62. The molecule has 1 rings (SSSR count). The normalized spacial score (nSPS) is 10.3. The van der Waals surface area contributed by atoms with E-state index in [-0.39, 0.29) is 6.61 Å². The third-order valence-corrected chi connectivity index (χ3v) is 2.30. The Morgan fingerprint density at radius 3 is 2.94 bits per heavy atom. The average molecular weight is 219 g/mol. The summed E-state index contributed by atoms with van der Waals surface area (Å²) in [4.78, 5) is 6.22. The summed E-state index contributed by atoms with van der Waals surface area (Å²) < 4.78 is 0. The van der Waals surface area contributed by atoms with Crippen molar-refractivity contribution in [3.8, 4) is 6.07 Å². The molecule has 0 radical (unpaired) electrons. The van der Waals surface area contributed by atoms with Crippen molar-refractivity contribution in [3.05, 3.63) is 30.1 Å². The van der Waals surface area contributed by atoms with Gasteiger partial charge in [0, 0.05) is 45.1 Å². The van der Waals surface area contributed by atoms with Crippen LogP contribution in [0.25, 0.3) is 0 Å². The number of rotatable bonds is 7. The lowest BCUT2D eigenvalue weighted by Crippen LogP contribution is -2.26. The van der Waals surface area contributed by atoms with Gasteiger partial charge < -0.3 is 5.11 Å². The fraction of sp³-hybridized carbons (Fsp3) is 0.500. The van der Waals surface area contributed by atoms with Crippen molar-refractivity contribution in [1.82, 2.24) is 9.88 Å². The van der Waals surface area contributed by atoms with Gasteiger partial charge in [-0.05, 0) is 18.1 Å². The van der Waals surface area contributed by atoms with Crippen LogP contribution in [0.4, 0.5) is 0 Å². The van der Waals surface area contributed by atoms with Gasteiger partial charge in [0.15, 0.2) is 0 Å². The molecule has 0 aliphatic carbocycles. The van der Waals surface area contributed by atoms with Gasteiger partial charge >= 0.3 is 0 Å². The first kappa shape index (κ1) is 12.6. The van der Waals surface area contributed by atoms with Crippen molar-refractivity contribution in [3.63, 3.8) is 0 Å². The Bertz CT molecular complexity index is 321. The van der Waals surface area contributed by atoms with E-state index >= 15 is 0 Å². The molecular weight excluding hydrogens is 202 g/mol. The summed E-state index contributed by atoms with van der Waals surface area (Å²) in [6.45, 7) is 2.53. The Kier molecular flexibility index (Phi) is 6.16. The van der Waals surface area contributed by atoms with E-state index in [0.29, 0.717) is 6.42 Å². The number of nitrogens with zero attached hydrogens (tertiary/aromatic N) is 3. The Hall–Kier alpha value is -1.44. The van der Waals surface area contributed by atoms with Crippen LogP contribution in [0.3, 0.4) is 0 Å². The highest BCUT2D eigenvalue weighted by atomic mass is 16.3. The van der Waals surface area contributed by atoms with Crippen LogP contribution >= 0.6 is 0 Å². The first-order chi connectivity index (χ1) is 7.86. The molecule has 1 aromatic rings. The largest absolute Gasteiger partial charge is 0.396 e. The smallest absolute Gasteiger partial charge is 0.0635 e. The molecule has 0 aromatic carbocycles. The minimum Gasteiger partial charge on any atom is -0.396 e. The molecule has 1 heterocycles. The van der Waals surface area contributed by atoms with Crippen LogP contribution in [0.1, 0.15) is 18.4 Å². The molecule has 86 valence electrons. The number of aliphatic hydroxyl groups is 1. The minimum absolute atomic E-state index is 0.191. The molecule has 0 atom stereocenters. The van der Waals surface area contributed by atoms with Crippen molar-refractivity contribution >= 4 is 0 Å². The predicted octanol–water partition coefficient (Wildman–Crippen LogP) is 1.18. The van der Waals surface area contributed by atoms with Crippen LogP contribution in [-0.2, 0) is 6.54 Å². The maximum Gasteiger partial charge on any atom is 0.0635 e. The van der Waals surface area contributed by atoms with Crippen molar-refractivity contribution < 1.29 is 5.11 Å². The molecule has 4 nitrogen and oxygen atoms in total. The Labute approximate surface area is 96.2 Å². The van der Waals surface area contributed by atoms with E-state index in [2.05, 4.69) is 16.0 Å². The quantitative estimate of drug-likeness (QED) is 0.748. The van der Waals surface area contributed by atoms with Crippen LogP contribution in [0.2, 0.25) is 0 Å². The van der Waals surface area contributed by atoms with Gasteiger partial charge in [0.2, 0.25) is 0 Å². The first-order valence-corrected chi connectivity index (χ1v) is 5.46. The van der Waals surface area contributed by atoms with Gasteiger partial charge in [0.25, 0.3) is 0 Å². The zero-order valence-electron chi connectivity index (χ0n) is 9.34. The minimum atomic E-state index is 0.191. The van der Waals surface area contributed by atoms with E-state index < -0.39 is 0 Å². The Balaban J connectivity index is 2.46. The molecule has 0 saturated carbocycles. The number of hydrogen-bond donors (Lipinski definition) is 1. The molecule has 0 saturated heterocycles. The number of aliphatic hydroxyl groups excluding tert-OH is 1. The van der Waals surface area contributed by atoms with Crippen LogP contribution < -0.4 is 0 Å². The van der Waals surface area contributed by atoms with E-state index in [1.54, 1.807) is 6.20 Å². The monoisotopic (exact) mass is 219 g/mol. The molecule has 1 N–H and O–H groups in total. The molecule has 1 aromatic heterocycles. The first-order valence-electron chi connectivity index (χ1n) is 5.46. The van der Waals surface area contributed by atoms with Gasteiger partial charge in [-0.15, -0.1) is 0 Å². The van der Waals surface area contributed by atoms with Gasteiger partial charge in [-0.3, -0.25) is 9.88 Å². The zero-order chi connectivity index (χ0) is 11.6. The molecule has 0 amide bonds. The summed E-state index contributed by atoms with van der Waals surface area (Å²) in [5.74, 6) is 0. The van der Waals surface area contributed by atoms with Crippen molar-refractivity contribution in [2.45, 2.75) is 19.4 Å². The number of nitriles is 1. The van der Waals surface area contributed by atoms with Gasteiger partial charge in [-0.25, -0.2) is 0 Å². The fourth-order valence-corrected chi connectivity index (χ4v) is 1.52. The lowest BCUT2D eigenvalue weighted by Gasteiger charge is -2.20. The molecule has 0 unspecified atom stereocenters. The lowest BCUT2D eigenvalue weighted by atomic mass is 10.2.